The summed E-state index contributed by atoms with van der Waals surface area (Å²) >= 11 is 0. The lowest BCUT2D eigenvalue weighted by Crippen LogP contribution is -2.45. The molecule has 21 heavy (non-hydrogen) atoms. The number of carbonyl (C=O) groups excluding carboxylic acids is 1. The van der Waals surface area contributed by atoms with Crippen LogP contribution in [0.1, 0.15) is 62.0 Å². The van der Waals surface area contributed by atoms with Gasteiger partial charge in [0.2, 0.25) is 5.91 Å². The van der Waals surface area contributed by atoms with Crippen LogP contribution in [0.25, 0.3) is 0 Å². The van der Waals surface area contributed by atoms with Gasteiger partial charge in [0.05, 0.1) is 18.1 Å². The Kier molecular flexibility index (Phi) is 4.59. The second-order valence-corrected chi connectivity index (χ2v) is 6.46. The molecule has 0 bridgehead atoms. The quantitative estimate of drug-likeness (QED) is 0.822. The first-order chi connectivity index (χ1) is 10.3. The summed E-state index contributed by atoms with van der Waals surface area (Å²) in [6, 6.07) is 8.23. The molecular formula is C18H25NO2. The first-order valence-corrected chi connectivity index (χ1v) is 8.32. The summed E-state index contributed by atoms with van der Waals surface area (Å²) < 4.78 is 0. The fourth-order valence-electron chi connectivity index (χ4n) is 3.77. The lowest BCUT2D eigenvalue weighted by Gasteiger charge is -2.28. The van der Waals surface area contributed by atoms with E-state index in [-0.39, 0.29) is 24.0 Å². The van der Waals surface area contributed by atoms with Crippen LogP contribution in [0.4, 0.5) is 0 Å². The van der Waals surface area contributed by atoms with E-state index in [9.17, 15) is 9.90 Å². The molecule has 0 heterocycles. The van der Waals surface area contributed by atoms with Crippen molar-refractivity contribution in [1.82, 2.24) is 5.32 Å². The Morgan fingerprint density at radius 1 is 1.05 bits per heavy atom. The van der Waals surface area contributed by atoms with Gasteiger partial charge in [0.1, 0.15) is 0 Å². The Bertz CT molecular complexity index is 500. The van der Waals surface area contributed by atoms with E-state index in [1.54, 1.807) is 0 Å². The van der Waals surface area contributed by atoms with Gasteiger partial charge in [0, 0.05) is 0 Å². The van der Waals surface area contributed by atoms with E-state index in [1.807, 2.05) is 12.1 Å². The van der Waals surface area contributed by atoms with Crippen molar-refractivity contribution in [1.29, 1.82) is 0 Å². The molecule has 1 aromatic rings. The zero-order valence-electron chi connectivity index (χ0n) is 12.6. The number of nitrogens with one attached hydrogen (secondary N) is 1. The Morgan fingerprint density at radius 2 is 1.86 bits per heavy atom. The highest BCUT2D eigenvalue weighted by molar-refractivity contribution is 5.84. The van der Waals surface area contributed by atoms with E-state index < -0.39 is 0 Å². The third-order valence-corrected chi connectivity index (χ3v) is 4.99. The molecule has 0 radical (unpaired) electrons. The number of aliphatic hydroxyl groups is 1. The van der Waals surface area contributed by atoms with Crippen molar-refractivity contribution in [2.24, 2.45) is 0 Å². The SMILES string of the molecule is O=C(NC1CCCCCC1O)C1CCCc2ccccc21. The largest absolute Gasteiger partial charge is 0.391 e. The first-order valence-electron chi connectivity index (χ1n) is 8.32. The molecule has 0 spiro atoms. The van der Waals surface area contributed by atoms with Gasteiger partial charge in [-0.25, -0.2) is 0 Å². The Hall–Kier alpha value is -1.35. The molecule has 0 saturated heterocycles. The van der Waals surface area contributed by atoms with E-state index in [2.05, 4.69) is 17.4 Å². The van der Waals surface area contributed by atoms with E-state index in [0.717, 1.165) is 51.4 Å². The first kappa shape index (κ1) is 14.6. The van der Waals surface area contributed by atoms with Crippen LogP contribution in [0, 0.1) is 0 Å². The number of rotatable bonds is 2. The molecule has 3 heteroatoms. The maximum absolute atomic E-state index is 12.7. The lowest BCUT2D eigenvalue weighted by atomic mass is 9.82. The van der Waals surface area contributed by atoms with Gasteiger partial charge in [-0.15, -0.1) is 0 Å². The van der Waals surface area contributed by atoms with Gasteiger partial charge in [0.15, 0.2) is 0 Å². The molecule has 114 valence electrons. The van der Waals surface area contributed by atoms with Crippen LogP contribution >= 0.6 is 0 Å². The summed E-state index contributed by atoms with van der Waals surface area (Å²) in [5, 5.41) is 13.3. The Morgan fingerprint density at radius 3 is 2.76 bits per heavy atom. The van der Waals surface area contributed by atoms with Gasteiger partial charge in [0.25, 0.3) is 0 Å². The Labute approximate surface area is 126 Å². The van der Waals surface area contributed by atoms with Crippen LogP contribution in [0.15, 0.2) is 24.3 Å². The number of fused-ring (bicyclic) bond motifs is 1. The second kappa shape index (κ2) is 6.61. The molecular weight excluding hydrogens is 262 g/mol. The van der Waals surface area contributed by atoms with Crippen molar-refractivity contribution in [3.63, 3.8) is 0 Å². The molecule has 1 saturated carbocycles. The van der Waals surface area contributed by atoms with Crippen LogP contribution < -0.4 is 5.32 Å². The van der Waals surface area contributed by atoms with Crippen LogP contribution in [0.3, 0.4) is 0 Å². The van der Waals surface area contributed by atoms with Crippen molar-refractivity contribution in [3.8, 4) is 0 Å². The van der Waals surface area contributed by atoms with Crippen LogP contribution in [0.5, 0.6) is 0 Å². The van der Waals surface area contributed by atoms with Crippen LogP contribution in [-0.2, 0) is 11.2 Å². The van der Waals surface area contributed by atoms with E-state index in [1.165, 1.54) is 11.1 Å². The van der Waals surface area contributed by atoms with Gasteiger partial charge >= 0.3 is 0 Å². The topological polar surface area (TPSA) is 49.3 Å². The highest BCUT2D eigenvalue weighted by Gasteiger charge is 2.30. The highest BCUT2D eigenvalue weighted by atomic mass is 16.3. The zero-order chi connectivity index (χ0) is 14.7. The standard InChI is InChI=1S/C18H25NO2/c20-17-12-3-1-2-11-16(17)19-18(21)15-10-6-8-13-7-4-5-9-14(13)15/h4-5,7,9,15-17,20H,1-3,6,8,10-12H2,(H,19,21). The van der Waals surface area contributed by atoms with Crippen molar-refractivity contribution in [2.45, 2.75) is 69.4 Å². The number of hydrogen-bond donors (Lipinski definition) is 2. The maximum atomic E-state index is 12.7. The number of hydrogen-bond acceptors (Lipinski definition) is 2. The fraction of sp³-hybridized carbons (Fsp3) is 0.611. The van der Waals surface area contributed by atoms with Crippen molar-refractivity contribution in [2.75, 3.05) is 0 Å². The molecule has 3 atom stereocenters. The number of carbonyl (C=O) groups is 1. The molecule has 1 amide bonds. The molecule has 3 unspecified atom stereocenters. The van der Waals surface area contributed by atoms with E-state index in [4.69, 9.17) is 0 Å². The summed E-state index contributed by atoms with van der Waals surface area (Å²) in [5.74, 6) is 0.0681. The molecule has 1 fully saturated rings. The summed E-state index contributed by atoms with van der Waals surface area (Å²) in [6.07, 6.45) is 7.74. The highest BCUT2D eigenvalue weighted by Crippen LogP contribution is 2.32. The minimum absolute atomic E-state index is 0.0367. The third-order valence-electron chi connectivity index (χ3n) is 4.99. The zero-order valence-corrected chi connectivity index (χ0v) is 12.6. The summed E-state index contributed by atoms with van der Waals surface area (Å²) in [5.41, 5.74) is 2.50. The molecule has 2 aliphatic carbocycles. The molecule has 3 nitrogen and oxygen atoms in total. The van der Waals surface area contributed by atoms with E-state index >= 15 is 0 Å². The lowest BCUT2D eigenvalue weighted by molar-refractivity contribution is -0.124. The second-order valence-electron chi connectivity index (χ2n) is 6.46. The van der Waals surface area contributed by atoms with Gasteiger partial charge in [-0.1, -0.05) is 43.5 Å². The predicted octanol–water partition coefficient (Wildman–Crippen LogP) is 2.92. The number of amides is 1. The average molecular weight is 287 g/mol. The molecule has 1 aromatic carbocycles. The maximum Gasteiger partial charge on any atom is 0.227 e. The number of benzene rings is 1. The third kappa shape index (κ3) is 3.29. The molecule has 0 aromatic heterocycles. The smallest absolute Gasteiger partial charge is 0.227 e. The van der Waals surface area contributed by atoms with E-state index in [0.29, 0.717) is 0 Å². The molecule has 0 aliphatic heterocycles. The number of aryl methyl sites for hydroxylation is 1. The van der Waals surface area contributed by atoms with Crippen molar-refractivity contribution in [3.05, 3.63) is 35.4 Å². The summed E-state index contributed by atoms with van der Waals surface area (Å²) in [6.45, 7) is 0. The molecule has 3 rings (SSSR count). The van der Waals surface area contributed by atoms with Gasteiger partial charge in [-0.2, -0.15) is 0 Å². The van der Waals surface area contributed by atoms with Gasteiger partial charge in [-0.3, -0.25) is 4.79 Å². The van der Waals surface area contributed by atoms with Gasteiger partial charge < -0.3 is 10.4 Å². The summed E-state index contributed by atoms with van der Waals surface area (Å²) in [7, 11) is 0. The normalized spacial score (nSPS) is 29.3. The fourth-order valence-corrected chi connectivity index (χ4v) is 3.77. The predicted molar refractivity (Wildman–Crippen MR) is 83.1 cm³/mol. The van der Waals surface area contributed by atoms with Crippen LogP contribution in [0.2, 0.25) is 0 Å². The average Bonchev–Trinajstić information content (AvgIpc) is 2.71. The van der Waals surface area contributed by atoms with Gasteiger partial charge in [-0.05, 0) is 43.2 Å². The Balaban J connectivity index is 1.71. The monoisotopic (exact) mass is 287 g/mol. The van der Waals surface area contributed by atoms with Crippen molar-refractivity contribution >= 4 is 5.91 Å². The molecule has 2 N–H and O–H groups in total. The number of aliphatic hydroxyl groups excluding tert-OH is 1. The minimum atomic E-state index is -0.379. The molecule has 2 aliphatic rings. The van der Waals surface area contributed by atoms with Crippen LogP contribution in [-0.4, -0.2) is 23.2 Å². The van der Waals surface area contributed by atoms with Crippen molar-refractivity contribution < 1.29 is 9.90 Å². The summed E-state index contributed by atoms with van der Waals surface area (Å²) in [4.78, 5) is 12.7. The minimum Gasteiger partial charge on any atom is -0.391 e.